The van der Waals surface area contributed by atoms with Crippen molar-refractivity contribution in [3.63, 3.8) is 0 Å². The number of amides is 1. The maximum absolute atomic E-state index is 12.8. The van der Waals surface area contributed by atoms with E-state index in [4.69, 9.17) is 5.73 Å². The van der Waals surface area contributed by atoms with Crippen LogP contribution in [0.4, 0.5) is 5.69 Å². The molecule has 0 unspecified atom stereocenters. The topological polar surface area (TPSA) is 67.4 Å². The molecule has 0 aliphatic heterocycles. The molecule has 0 aromatic carbocycles. The number of nitrogens with zero attached hydrogens (tertiary/aromatic N) is 4. The van der Waals surface area contributed by atoms with Crippen LogP contribution in [0.2, 0.25) is 0 Å². The number of carbonyl (C=O) groups is 1. The Morgan fingerprint density at radius 2 is 1.95 bits per heavy atom. The van der Waals surface area contributed by atoms with Crippen molar-refractivity contribution in [3.8, 4) is 0 Å². The van der Waals surface area contributed by atoms with Crippen molar-refractivity contribution in [2.24, 2.45) is 13.0 Å². The van der Waals surface area contributed by atoms with Crippen molar-refractivity contribution < 1.29 is 4.79 Å². The molecule has 6 nitrogen and oxygen atoms in total. The van der Waals surface area contributed by atoms with Crippen LogP contribution in [-0.2, 0) is 13.5 Å². The largest absolute Gasteiger partial charge is 0.395 e. The Morgan fingerprint density at radius 3 is 2.38 bits per heavy atom. The van der Waals surface area contributed by atoms with Crippen molar-refractivity contribution in [2.75, 3.05) is 39.5 Å². The highest BCUT2D eigenvalue weighted by Gasteiger charge is 2.24. The van der Waals surface area contributed by atoms with E-state index in [0.717, 1.165) is 25.2 Å². The standard InChI is InChI=1S/C15H29N5O/c1-7-12-13(16)14(19(6)17-12)15(21)20(10-11(2)3)9-8-18(4)5/h11H,7-10,16H2,1-6H3. The fraction of sp³-hybridized carbons (Fsp3) is 0.733. The van der Waals surface area contributed by atoms with Crippen molar-refractivity contribution in [1.82, 2.24) is 19.6 Å². The first kappa shape index (κ1) is 17.5. The molecule has 1 rings (SSSR count). The fourth-order valence-electron chi connectivity index (χ4n) is 2.30. The zero-order valence-corrected chi connectivity index (χ0v) is 14.2. The quantitative estimate of drug-likeness (QED) is 0.821. The second-order valence-electron chi connectivity index (χ2n) is 6.13. The number of rotatable bonds is 7. The van der Waals surface area contributed by atoms with Crippen molar-refractivity contribution in [2.45, 2.75) is 27.2 Å². The highest BCUT2D eigenvalue weighted by Crippen LogP contribution is 2.19. The first-order valence-electron chi connectivity index (χ1n) is 7.53. The molecule has 0 saturated carbocycles. The lowest BCUT2D eigenvalue weighted by Gasteiger charge is -2.26. The summed E-state index contributed by atoms with van der Waals surface area (Å²) in [7, 11) is 5.79. The van der Waals surface area contributed by atoms with Crippen LogP contribution in [0.25, 0.3) is 0 Å². The number of likely N-dealkylation sites (N-methyl/N-ethyl adjacent to an activating group) is 1. The van der Waals surface area contributed by atoms with Crippen molar-refractivity contribution in [1.29, 1.82) is 0 Å². The van der Waals surface area contributed by atoms with Gasteiger partial charge in [0, 0.05) is 26.7 Å². The number of nitrogens with two attached hydrogens (primary N) is 1. The zero-order valence-electron chi connectivity index (χ0n) is 14.2. The molecule has 2 N–H and O–H groups in total. The minimum Gasteiger partial charge on any atom is -0.395 e. The lowest BCUT2D eigenvalue weighted by molar-refractivity contribution is 0.0714. The smallest absolute Gasteiger partial charge is 0.274 e. The van der Waals surface area contributed by atoms with Gasteiger partial charge in [0.25, 0.3) is 5.91 Å². The zero-order chi connectivity index (χ0) is 16.2. The Morgan fingerprint density at radius 1 is 1.33 bits per heavy atom. The number of aromatic nitrogens is 2. The van der Waals surface area contributed by atoms with Gasteiger partial charge < -0.3 is 15.5 Å². The van der Waals surface area contributed by atoms with E-state index in [2.05, 4.69) is 23.8 Å². The fourth-order valence-corrected chi connectivity index (χ4v) is 2.30. The minimum atomic E-state index is -0.0299. The van der Waals surface area contributed by atoms with E-state index < -0.39 is 0 Å². The van der Waals surface area contributed by atoms with Crippen LogP contribution in [0.1, 0.15) is 37.0 Å². The van der Waals surface area contributed by atoms with Crippen LogP contribution in [-0.4, -0.2) is 59.2 Å². The summed E-state index contributed by atoms with van der Waals surface area (Å²) in [6.45, 7) is 8.45. The monoisotopic (exact) mass is 295 g/mol. The van der Waals surface area contributed by atoms with Crippen LogP contribution in [0.5, 0.6) is 0 Å². The lowest BCUT2D eigenvalue weighted by atomic mass is 10.1. The molecule has 0 bridgehead atoms. The Kier molecular flexibility index (Phi) is 6.20. The van der Waals surface area contributed by atoms with Crippen LogP contribution in [0.15, 0.2) is 0 Å². The average molecular weight is 295 g/mol. The molecular formula is C15H29N5O. The summed E-state index contributed by atoms with van der Waals surface area (Å²) in [6, 6.07) is 0. The number of aryl methyl sites for hydroxylation is 2. The third-order valence-corrected chi connectivity index (χ3v) is 3.39. The van der Waals surface area contributed by atoms with Crippen molar-refractivity contribution in [3.05, 3.63) is 11.4 Å². The van der Waals surface area contributed by atoms with E-state index in [0.29, 0.717) is 23.8 Å². The summed E-state index contributed by atoms with van der Waals surface area (Å²) in [4.78, 5) is 16.8. The predicted octanol–water partition coefficient (Wildman–Crippen LogP) is 1.22. The molecule has 6 heteroatoms. The van der Waals surface area contributed by atoms with Gasteiger partial charge in [0.15, 0.2) is 0 Å². The van der Waals surface area contributed by atoms with Gasteiger partial charge in [-0.25, -0.2) is 0 Å². The number of hydrogen-bond acceptors (Lipinski definition) is 4. The molecule has 0 aliphatic rings. The Balaban J connectivity index is 3.01. The second kappa shape index (κ2) is 7.45. The van der Waals surface area contributed by atoms with E-state index >= 15 is 0 Å². The molecule has 21 heavy (non-hydrogen) atoms. The van der Waals surface area contributed by atoms with E-state index in [1.54, 1.807) is 11.7 Å². The summed E-state index contributed by atoms with van der Waals surface area (Å²) >= 11 is 0. The van der Waals surface area contributed by atoms with Crippen LogP contribution < -0.4 is 5.73 Å². The van der Waals surface area contributed by atoms with Gasteiger partial charge in [-0.3, -0.25) is 9.48 Å². The normalized spacial score (nSPS) is 11.4. The third kappa shape index (κ3) is 4.46. The second-order valence-corrected chi connectivity index (χ2v) is 6.13. The SMILES string of the molecule is CCc1nn(C)c(C(=O)N(CCN(C)C)CC(C)C)c1N. The van der Waals surface area contributed by atoms with Crippen molar-refractivity contribution >= 4 is 11.6 Å². The Bertz CT molecular complexity index is 479. The number of anilines is 1. The number of hydrogen-bond donors (Lipinski definition) is 1. The molecule has 1 aromatic heterocycles. The van der Waals surface area contributed by atoms with Gasteiger partial charge >= 0.3 is 0 Å². The maximum Gasteiger partial charge on any atom is 0.274 e. The average Bonchev–Trinajstić information content (AvgIpc) is 2.67. The summed E-state index contributed by atoms with van der Waals surface area (Å²) in [5, 5.41) is 4.34. The van der Waals surface area contributed by atoms with Crippen LogP contribution in [0, 0.1) is 5.92 Å². The summed E-state index contributed by atoms with van der Waals surface area (Å²) in [5.41, 5.74) is 7.91. The van der Waals surface area contributed by atoms with Crippen LogP contribution >= 0.6 is 0 Å². The van der Waals surface area contributed by atoms with Gasteiger partial charge in [0.1, 0.15) is 5.69 Å². The van der Waals surface area contributed by atoms with E-state index in [9.17, 15) is 4.79 Å². The summed E-state index contributed by atoms with van der Waals surface area (Å²) in [5.74, 6) is 0.383. The lowest BCUT2D eigenvalue weighted by Crippen LogP contribution is -2.40. The van der Waals surface area contributed by atoms with Gasteiger partial charge in [0.05, 0.1) is 11.4 Å². The predicted molar refractivity (Wildman–Crippen MR) is 86.3 cm³/mol. The van der Waals surface area contributed by atoms with Gasteiger partial charge in [-0.05, 0) is 26.4 Å². The molecule has 1 aromatic rings. The Labute approximate surface area is 127 Å². The first-order valence-corrected chi connectivity index (χ1v) is 7.53. The van der Waals surface area contributed by atoms with Gasteiger partial charge in [-0.1, -0.05) is 20.8 Å². The third-order valence-electron chi connectivity index (χ3n) is 3.39. The van der Waals surface area contributed by atoms with Gasteiger partial charge in [-0.15, -0.1) is 0 Å². The van der Waals surface area contributed by atoms with E-state index in [1.165, 1.54) is 0 Å². The minimum absolute atomic E-state index is 0.0299. The molecule has 1 heterocycles. The molecule has 0 spiro atoms. The molecule has 0 aliphatic carbocycles. The molecule has 0 radical (unpaired) electrons. The summed E-state index contributed by atoms with van der Waals surface area (Å²) in [6.07, 6.45) is 0.731. The highest BCUT2D eigenvalue weighted by atomic mass is 16.2. The molecule has 0 atom stereocenters. The number of carbonyl (C=O) groups excluding carboxylic acids is 1. The number of nitrogen functional groups attached to an aromatic ring is 1. The van der Waals surface area contributed by atoms with Crippen LogP contribution in [0.3, 0.4) is 0 Å². The van der Waals surface area contributed by atoms with E-state index in [-0.39, 0.29) is 5.91 Å². The molecule has 0 saturated heterocycles. The maximum atomic E-state index is 12.8. The molecule has 0 fully saturated rings. The van der Waals surface area contributed by atoms with Gasteiger partial charge in [-0.2, -0.15) is 5.10 Å². The summed E-state index contributed by atoms with van der Waals surface area (Å²) < 4.78 is 1.61. The molecule has 1 amide bonds. The molecule has 120 valence electrons. The molecular weight excluding hydrogens is 266 g/mol. The first-order chi connectivity index (χ1) is 9.77. The Hall–Kier alpha value is -1.56. The highest BCUT2D eigenvalue weighted by molar-refractivity contribution is 5.98. The van der Waals surface area contributed by atoms with Gasteiger partial charge in [0.2, 0.25) is 0 Å². The van der Waals surface area contributed by atoms with E-state index in [1.807, 2.05) is 25.9 Å².